The van der Waals surface area contributed by atoms with Crippen LogP contribution in [0.4, 0.5) is 0 Å². The van der Waals surface area contributed by atoms with Crippen molar-refractivity contribution in [3.63, 3.8) is 0 Å². The lowest BCUT2D eigenvalue weighted by molar-refractivity contribution is 0.492. The van der Waals surface area contributed by atoms with Gasteiger partial charge in [0.1, 0.15) is 5.75 Å². The zero-order valence-electron chi connectivity index (χ0n) is 10.7. The second-order valence-corrected chi connectivity index (χ2v) is 11.6. The van der Waals surface area contributed by atoms with Crippen molar-refractivity contribution in [2.45, 2.75) is 38.9 Å². The molecule has 0 fully saturated rings. The van der Waals surface area contributed by atoms with Crippen molar-refractivity contribution in [1.82, 2.24) is 0 Å². The summed E-state index contributed by atoms with van der Waals surface area (Å²) in [7, 11) is -0.541. The third kappa shape index (κ3) is 3.21. The van der Waals surface area contributed by atoms with E-state index in [4.69, 9.17) is 4.43 Å². The number of hydrogen-bond donors (Lipinski definition) is 0. The molecule has 84 valence electrons. The second kappa shape index (κ2) is 4.14. The number of hydrogen-bond acceptors (Lipinski definition) is 1. The van der Waals surface area contributed by atoms with Crippen molar-refractivity contribution in [2.75, 3.05) is 0 Å². The van der Waals surface area contributed by atoms with E-state index >= 15 is 0 Å². The maximum absolute atomic E-state index is 6.18. The van der Waals surface area contributed by atoms with Crippen LogP contribution in [-0.4, -0.2) is 18.6 Å². The van der Waals surface area contributed by atoms with Gasteiger partial charge in [0.15, 0.2) is 0 Å². The molecule has 0 aromatic heterocycles. The molecule has 0 amide bonds. The van der Waals surface area contributed by atoms with Crippen molar-refractivity contribution < 1.29 is 4.43 Å². The average molecular weight is 238 g/mol. The van der Waals surface area contributed by atoms with Crippen molar-refractivity contribution in [2.24, 2.45) is 0 Å². The molecule has 1 aromatic rings. The van der Waals surface area contributed by atoms with E-state index in [9.17, 15) is 0 Å². The molecule has 15 heavy (non-hydrogen) atoms. The van der Waals surface area contributed by atoms with Crippen LogP contribution in [0.15, 0.2) is 24.3 Å². The van der Waals surface area contributed by atoms with Crippen LogP contribution >= 0.6 is 0 Å². The molecule has 0 radical (unpaired) electrons. The summed E-state index contributed by atoms with van der Waals surface area (Å²) < 4.78 is 6.18. The summed E-state index contributed by atoms with van der Waals surface area (Å²) in [5.41, 5.74) is 0. The van der Waals surface area contributed by atoms with Gasteiger partial charge >= 0.3 is 0 Å². The van der Waals surface area contributed by atoms with Gasteiger partial charge in [0.2, 0.25) is 8.32 Å². The second-order valence-electron chi connectivity index (χ2n) is 5.68. The third-order valence-corrected chi connectivity index (χ3v) is 8.23. The van der Waals surface area contributed by atoms with Crippen LogP contribution < -0.4 is 9.61 Å². The van der Waals surface area contributed by atoms with Gasteiger partial charge in [-0.2, -0.15) is 0 Å². The summed E-state index contributed by atoms with van der Waals surface area (Å²) in [5.74, 6) is 1.03. The van der Waals surface area contributed by atoms with Gasteiger partial charge in [0.05, 0.1) is 0 Å². The van der Waals surface area contributed by atoms with Gasteiger partial charge in [-0.05, 0) is 30.3 Å². The van der Waals surface area contributed by atoms with Crippen molar-refractivity contribution >= 4 is 23.7 Å². The van der Waals surface area contributed by atoms with Crippen LogP contribution in [0.2, 0.25) is 18.1 Å². The standard InChI is InChI=1S/C12H22OSi2/c1-12(2,3)15(4,5)13-10-6-8-11(14)9-7-10/h6-9H,1-5,14H3. The molecule has 0 aliphatic carbocycles. The Morgan fingerprint density at radius 2 is 1.53 bits per heavy atom. The van der Waals surface area contributed by atoms with Gasteiger partial charge in [0.25, 0.3) is 0 Å². The molecule has 0 bridgehead atoms. The first kappa shape index (κ1) is 12.5. The van der Waals surface area contributed by atoms with Crippen molar-refractivity contribution in [3.8, 4) is 5.75 Å². The predicted molar refractivity (Wildman–Crippen MR) is 73.8 cm³/mol. The van der Waals surface area contributed by atoms with Crippen LogP contribution in [0.3, 0.4) is 0 Å². The molecule has 0 heterocycles. The molecule has 0 spiro atoms. The highest BCUT2D eigenvalue weighted by atomic mass is 28.4. The molecule has 1 nitrogen and oxygen atoms in total. The highest BCUT2D eigenvalue weighted by molar-refractivity contribution is 6.74. The minimum absolute atomic E-state index is 0.270. The summed E-state index contributed by atoms with van der Waals surface area (Å²) in [4.78, 5) is 0. The molecule has 0 N–H and O–H groups in total. The topological polar surface area (TPSA) is 9.23 Å². The Balaban J connectivity index is 2.82. The van der Waals surface area contributed by atoms with Crippen LogP contribution in [0, 0.1) is 0 Å². The summed E-state index contributed by atoms with van der Waals surface area (Å²) in [5, 5.41) is 1.68. The van der Waals surface area contributed by atoms with Crippen molar-refractivity contribution in [1.29, 1.82) is 0 Å². The predicted octanol–water partition coefficient (Wildman–Crippen LogP) is 2.06. The van der Waals surface area contributed by atoms with Gasteiger partial charge in [-0.3, -0.25) is 0 Å². The zero-order valence-corrected chi connectivity index (χ0v) is 13.7. The molecule has 1 aromatic carbocycles. The highest BCUT2D eigenvalue weighted by Gasteiger charge is 2.38. The lowest BCUT2D eigenvalue weighted by Gasteiger charge is -2.36. The SMILES string of the molecule is CC(C)(C)[Si](C)(C)Oc1ccc([SiH3])cc1. The summed E-state index contributed by atoms with van der Waals surface area (Å²) in [6, 6.07) is 8.52. The fourth-order valence-electron chi connectivity index (χ4n) is 1.05. The zero-order chi connectivity index (χ0) is 11.7. The molecule has 0 unspecified atom stereocenters. The minimum Gasteiger partial charge on any atom is -0.544 e. The smallest absolute Gasteiger partial charge is 0.250 e. The van der Waals surface area contributed by atoms with E-state index in [1.165, 1.54) is 5.19 Å². The normalized spacial score (nSPS) is 12.9. The van der Waals surface area contributed by atoms with Crippen LogP contribution in [0.25, 0.3) is 0 Å². The molecule has 0 saturated carbocycles. The fourth-order valence-corrected chi connectivity index (χ4v) is 2.42. The van der Waals surface area contributed by atoms with Gasteiger partial charge in [0, 0.05) is 10.2 Å². The number of benzene rings is 1. The van der Waals surface area contributed by atoms with Crippen molar-refractivity contribution in [3.05, 3.63) is 24.3 Å². The lowest BCUT2D eigenvalue weighted by atomic mass is 10.2. The number of rotatable bonds is 2. The molecule has 0 aliphatic rings. The van der Waals surface area contributed by atoms with E-state index in [2.05, 4.69) is 58.1 Å². The first-order valence-corrected chi connectivity index (χ1v) is 9.39. The first-order chi connectivity index (χ1) is 6.72. The van der Waals surface area contributed by atoms with Gasteiger partial charge in [-0.1, -0.05) is 38.1 Å². The Labute approximate surface area is 97.4 Å². The highest BCUT2D eigenvalue weighted by Crippen LogP contribution is 2.37. The molecule has 0 atom stereocenters. The van der Waals surface area contributed by atoms with E-state index in [1.807, 2.05) is 0 Å². The van der Waals surface area contributed by atoms with Gasteiger partial charge in [-0.15, -0.1) is 0 Å². The summed E-state index contributed by atoms with van der Waals surface area (Å²) in [6.45, 7) is 11.4. The van der Waals surface area contributed by atoms with E-state index in [1.54, 1.807) is 0 Å². The Kier molecular flexibility index (Phi) is 3.46. The first-order valence-electron chi connectivity index (χ1n) is 5.48. The maximum Gasteiger partial charge on any atom is 0.250 e. The summed E-state index contributed by atoms with van der Waals surface area (Å²) in [6.07, 6.45) is 0. The summed E-state index contributed by atoms with van der Waals surface area (Å²) >= 11 is 0. The Morgan fingerprint density at radius 1 is 1.07 bits per heavy atom. The van der Waals surface area contributed by atoms with E-state index in [0.717, 1.165) is 16.0 Å². The largest absolute Gasteiger partial charge is 0.544 e. The minimum atomic E-state index is -1.65. The molecule has 0 aliphatic heterocycles. The van der Waals surface area contributed by atoms with Gasteiger partial charge in [-0.25, -0.2) is 0 Å². The molecular weight excluding hydrogens is 216 g/mol. The fraction of sp³-hybridized carbons (Fsp3) is 0.500. The Bertz CT molecular complexity index is 322. The molecule has 3 heteroatoms. The molecular formula is C12H22OSi2. The van der Waals surface area contributed by atoms with Crippen LogP contribution in [-0.2, 0) is 0 Å². The quantitative estimate of drug-likeness (QED) is 0.717. The monoisotopic (exact) mass is 238 g/mol. The van der Waals surface area contributed by atoms with E-state index in [0.29, 0.717) is 0 Å². The van der Waals surface area contributed by atoms with Gasteiger partial charge < -0.3 is 4.43 Å². The Hall–Kier alpha value is -0.546. The third-order valence-electron chi connectivity index (χ3n) is 3.20. The van der Waals surface area contributed by atoms with E-state index < -0.39 is 8.32 Å². The van der Waals surface area contributed by atoms with Crippen LogP contribution in [0.5, 0.6) is 5.75 Å². The lowest BCUT2D eigenvalue weighted by Crippen LogP contribution is -2.43. The average Bonchev–Trinajstić information content (AvgIpc) is 2.06. The van der Waals surface area contributed by atoms with E-state index in [-0.39, 0.29) is 5.04 Å². The molecule has 1 rings (SSSR count). The molecule has 0 saturated heterocycles. The maximum atomic E-state index is 6.18. The Morgan fingerprint density at radius 3 is 1.93 bits per heavy atom. The van der Waals surface area contributed by atoms with Crippen LogP contribution in [0.1, 0.15) is 20.8 Å².